The Bertz CT molecular complexity index is 3190. The predicted octanol–water partition coefficient (Wildman–Crippen LogP) is 15.6. The zero-order chi connectivity index (χ0) is 36.3. The molecule has 2 heterocycles. The van der Waals surface area contributed by atoms with Crippen LogP contribution in [-0.4, -0.2) is 0 Å². The fourth-order valence-corrected chi connectivity index (χ4v) is 9.56. The molecule has 258 valence electrons. The monoisotopic (exact) mass is 719 g/mol. The molecule has 0 saturated heterocycles. The molecular weight excluding hydrogens is 687 g/mol. The molecule has 0 bridgehead atoms. The second-order valence-electron chi connectivity index (χ2n) is 14.0. The molecule has 0 aliphatic heterocycles. The number of fused-ring (bicyclic) bond motifs is 8. The number of thiophene rings is 1. The highest BCUT2D eigenvalue weighted by atomic mass is 32.1. The van der Waals surface area contributed by atoms with Gasteiger partial charge in [-0.15, -0.1) is 11.3 Å². The Kier molecular flexibility index (Phi) is 7.39. The van der Waals surface area contributed by atoms with Gasteiger partial charge in [-0.2, -0.15) is 0 Å². The summed E-state index contributed by atoms with van der Waals surface area (Å²) in [5.41, 5.74) is 12.2. The first-order valence-corrected chi connectivity index (χ1v) is 19.5. The van der Waals surface area contributed by atoms with E-state index in [4.69, 9.17) is 4.42 Å². The third-order valence-corrected chi connectivity index (χ3v) is 12.1. The third-order valence-electron chi connectivity index (χ3n) is 10.9. The van der Waals surface area contributed by atoms with Crippen LogP contribution in [0.15, 0.2) is 205 Å². The van der Waals surface area contributed by atoms with Crippen molar-refractivity contribution in [3.05, 3.63) is 200 Å². The number of furan rings is 1. The van der Waals surface area contributed by atoms with E-state index in [2.05, 4.69) is 193 Å². The van der Waals surface area contributed by atoms with Gasteiger partial charge in [0.25, 0.3) is 0 Å². The second kappa shape index (κ2) is 12.9. The predicted molar refractivity (Wildman–Crippen MR) is 235 cm³/mol. The van der Waals surface area contributed by atoms with Crippen LogP contribution < -0.4 is 4.90 Å². The zero-order valence-electron chi connectivity index (χ0n) is 29.8. The molecule has 0 N–H and O–H groups in total. The summed E-state index contributed by atoms with van der Waals surface area (Å²) < 4.78 is 9.03. The number of anilines is 3. The number of hydrogen-bond acceptors (Lipinski definition) is 3. The molecular formula is C52H33NOS. The minimum absolute atomic E-state index is 0.908. The lowest BCUT2D eigenvalue weighted by Crippen LogP contribution is -2.10. The van der Waals surface area contributed by atoms with Gasteiger partial charge in [-0.1, -0.05) is 152 Å². The summed E-state index contributed by atoms with van der Waals surface area (Å²) in [4.78, 5) is 2.43. The first-order chi connectivity index (χ1) is 27.3. The molecule has 0 radical (unpaired) electrons. The Hall–Kier alpha value is -6.94. The molecule has 11 rings (SSSR count). The van der Waals surface area contributed by atoms with E-state index < -0.39 is 0 Å². The van der Waals surface area contributed by atoms with E-state index in [1.807, 2.05) is 23.5 Å². The number of benzene rings is 9. The summed E-state index contributed by atoms with van der Waals surface area (Å²) in [5, 5.41) is 7.36. The van der Waals surface area contributed by atoms with Crippen molar-refractivity contribution >= 4 is 81.3 Å². The van der Waals surface area contributed by atoms with Crippen LogP contribution in [-0.2, 0) is 0 Å². The van der Waals surface area contributed by atoms with Crippen molar-refractivity contribution < 1.29 is 4.42 Å². The molecule has 3 heteroatoms. The number of hydrogen-bond donors (Lipinski definition) is 0. The van der Waals surface area contributed by atoms with Gasteiger partial charge >= 0.3 is 0 Å². The first kappa shape index (κ1) is 31.6. The maximum atomic E-state index is 6.45. The molecule has 0 fully saturated rings. The van der Waals surface area contributed by atoms with E-state index in [0.29, 0.717) is 0 Å². The van der Waals surface area contributed by atoms with Crippen LogP contribution in [0.4, 0.5) is 17.1 Å². The molecule has 11 aromatic rings. The second-order valence-corrected chi connectivity index (χ2v) is 15.1. The van der Waals surface area contributed by atoms with Crippen molar-refractivity contribution in [2.75, 3.05) is 4.90 Å². The van der Waals surface area contributed by atoms with Crippen molar-refractivity contribution in [1.82, 2.24) is 0 Å². The summed E-state index contributed by atoms with van der Waals surface area (Å²) in [5.74, 6) is 0. The molecule has 0 unspecified atom stereocenters. The highest BCUT2D eigenvalue weighted by molar-refractivity contribution is 7.26. The minimum atomic E-state index is 0.908. The van der Waals surface area contributed by atoms with Crippen LogP contribution in [0.2, 0.25) is 0 Å². The van der Waals surface area contributed by atoms with Crippen LogP contribution in [0, 0.1) is 0 Å². The molecule has 0 atom stereocenters. The van der Waals surface area contributed by atoms with E-state index in [1.54, 1.807) is 0 Å². The summed E-state index contributed by atoms with van der Waals surface area (Å²) in [6.45, 7) is 0. The summed E-state index contributed by atoms with van der Waals surface area (Å²) in [7, 11) is 0. The van der Waals surface area contributed by atoms with E-state index in [-0.39, 0.29) is 0 Å². The van der Waals surface area contributed by atoms with Gasteiger partial charge in [0.05, 0.1) is 5.69 Å². The number of rotatable bonds is 6. The molecule has 0 aliphatic carbocycles. The lowest BCUT2D eigenvalue weighted by atomic mass is 9.95. The standard InChI is InChI=1S/C52H33NOS/c1-3-14-34(15-4-1)37-18-11-19-39(32-37)53(38-30-28-36(29-31-38)40-23-12-24-43-42-21-9-10-26-48(42)54-51(40)43)47-25-13-27-49-50(47)46-33-45(35-16-5-2-6-17-35)41-20-7-8-22-44(41)52(46)55-49/h1-33H. The van der Waals surface area contributed by atoms with Gasteiger partial charge in [-0.25, -0.2) is 0 Å². The maximum Gasteiger partial charge on any atom is 0.143 e. The van der Waals surface area contributed by atoms with E-state index in [0.717, 1.165) is 50.1 Å². The maximum absolute atomic E-state index is 6.45. The van der Waals surface area contributed by atoms with Gasteiger partial charge in [0.1, 0.15) is 11.2 Å². The lowest BCUT2D eigenvalue weighted by Gasteiger charge is -2.27. The van der Waals surface area contributed by atoms with Gasteiger partial charge in [0.15, 0.2) is 0 Å². The van der Waals surface area contributed by atoms with Gasteiger partial charge in [0, 0.05) is 53.3 Å². The third kappa shape index (κ3) is 5.24. The van der Waals surface area contributed by atoms with Crippen molar-refractivity contribution in [2.45, 2.75) is 0 Å². The molecule has 9 aromatic carbocycles. The fraction of sp³-hybridized carbons (Fsp3) is 0. The van der Waals surface area contributed by atoms with Gasteiger partial charge in [-0.05, 0) is 81.7 Å². The molecule has 0 spiro atoms. The van der Waals surface area contributed by atoms with Gasteiger partial charge in [0.2, 0.25) is 0 Å². The first-order valence-electron chi connectivity index (χ1n) is 18.7. The molecule has 0 aliphatic rings. The molecule has 55 heavy (non-hydrogen) atoms. The minimum Gasteiger partial charge on any atom is -0.455 e. The molecule has 2 aromatic heterocycles. The highest BCUT2D eigenvalue weighted by Crippen LogP contribution is 2.49. The zero-order valence-corrected chi connectivity index (χ0v) is 30.6. The van der Waals surface area contributed by atoms with Crippen LogP contribution in [0.3, 0.4) is 0 Å². The summed E-state index contributed by atoms with van der Waals surface area (Å²) in [6, 6.07) is 72.1. The van der Waals surface area contributed by atoms with Crippen molar-refractivity contribution in [2.24, 2.45) is 0 Å². The molecule has 0 amide bonds. The van der Waals surface area contributed by atoms with Crippen molar-refractivity contribution in [3.8, 4) is 33.4 Å². The molecule has 2 nitrogen and oxygen atoms in total. The lowest BCUT2D eigenvalue weighted by molar-refractivity contribution is 0.670. The Morgan fingerprint density at radius 3 is 1.84 bits per heavy atom. The smallest absolute Gasteiger partial charge is 0.143 e. The van der Waals surface area contributed by atoms with Gasteiger partial charge < -0.3 is 9.32 Å². The number of para-hydroxylation sites is 2. The van der Waals surface area contributed by atoms with Crippen LogP contribution in [0.5, 0.6) is 0 Å². The topological polar surface area (TPSA) is 16.4 Å². The average Bonchev–Trinajstić information content (AvgIpc) is 3.84. The van der Waals surface area contributed by atoms with Crippen LogP contribution in [0.25, 0.3) is 86.3 Å². The van der Waals surface area contributed by atoms with E-state index in [9.17, 15) is 0 Å². The molecule has 0 saturated carbocycles. The normalized spacial score (nSPS) is 11.6. The SMILES string of the molecule is c1ccc(-c2cccc(N(c3ccc(-c4cccc5c4oc4ccccc45)cc3)c3cccc4sc5c6ccccc6c(-c6ccccc6)cc5c34)c2)cc1. The van der Waals surface area contributed by atoms with Gasteiger partial charge in [-0.3, -0.25) is 0 Å². The summed E-state index contributed by atoms with van der Waals surface area (Å²) >= 11 is 1.88. The Morgan fingerprint density at radius 2 is 1.02 bits per heavy atom. The largest absolute Gasteiger partial charge is 0.455 e. The Morgan fingerprint density at radius 1 is 0.382 bits per heavy atom. The van der Waals surface area contributed by atoms with E-state index in [1.165, 1.54) is 53.2 Å². The van der Waals surface area contributed by atoms with Crippen LogP contribution >= 0.6 is 11.3 Å². The average molecular weight is 720 g/mol. The van der Waals surface area contributed by atoms with Crippen molar-refractivity contribution in [1.29, 1.82) is 0 Å². The number of nitrogens with zero attached hydrogens (tertiary/aromatic N) is 1. The highest BCUT2D eigenvalue weighted by Gasteiger charge is 2.22. The van der Waals surface area contributed by atoms with Crippen molar-refractivity contribution in [3.63, 3.8) is 0 Å². The summed E-state index contributed by atoms with van der Waals surface area (Å²) in [6.07, 6.45) is 0. The fourth-order valence-electron chi connectivity index (χ4n) is 8.32. The Balaban J connectivity index is 1.14. The quantitative estimate of drug-likeness (QED) is 0.170. The van der Waals surface area contributed by atoms with Crippen LogP contribution in [0.1, 0.15) is 0 Å². The Labute approximate surface area is 322 Å². The van der Waals surface area contributed by atoms with E-state index >= 15 is 0 Å².